The van der Waals surface area contributed by atoms with Crippen LogP contribution in [0.3, 0.4) is 0 Å². The number of aromatic hydroxyl groups is 1. The summed E-state index contributed by atoms with van der Waals surface area (Å²) in [4.78, 5) is 43.2. The summed E-state index contributed by atoms with van der Waals surface area (Å²) >= 11 is 0. The van der Waals surface area contributed by atoms with Crippen LogP contribution in [-0.4, -0.2) is 76.3 Å². The maximum absolute atomic E-state index is 14.0. The number of amides is 1. The van der Waals surface area contributed by atoms with Crippen molar-refractivity contribution < 1.29 is 29.7 Å². The van der Waals surface area contributed by atoms with Gasteiger partial charge in [-0.1, -0.05) is 24.3 Å². The van der Waals surface area contributed by atoms with Gasteiger partial charge in [-0.15, -0.1) is 0 Å². The predicted molar refractivity (Wildman–Crippen MR) is 154 cm³/mol. The number of nitriles is 1. The molecule has 42 heavy (non-hydrogen) atoms. The van der Waals surface area contributed by atoms with E-state index in [1.54, 1.807) is 25.1 Å². The van der Waals surface area contributed by atoms with E-state index in [4.69, 9.17) is 11.0 Å². The highest BCUT2D eigenvalue weighted by Crippen LogP contribution is 2.51. The average Bonchev–Trinajstić information content (AvgIpc) is 2.91. The van der Waals surface area contributed by atoms with Crippen molar-refractivity contribution in [3.63, 3.8) is 0 Å². The number of likely N-dealkylation sites (N-methyl/N-ethyl adjacent to an activating group) is 1. The smallest absolute Gasteiger partial charge is 0.255 e. The normalized spacial score (nSPS) is 23.5. The number of carbonyl (C=O) groups excluding carboxylic acids is 3. The predicted octanol–water partition coefficient (Wildman–Crippen LogP) is 3.02. The standard InChI is InChI=1S/C32H34N4O6/c1-35(2)27-21-14-18-13-20-19(17-7-4-6-16(12-17)15-36(3)11-5-10-33)8-9-22(37)24(20)28(38)23(18)29(39)25(21)30(40)26(31(27)41)32(34)42/h4,6-9,12,18,21,25,27,37,39,41H,5,11,13-15H2,1-3H3,(H2,34,42)/t18?,21?,25?,27-/m0/s1. The molecule has 10 heteroatoms. The third kappa shape index (κ3) is 4.74. The highest BCUT2D eigenvalue weighted by molar-refractivity contribution is 6.22. The summed E-state index contributed by atoms with van der Waals surface area (Å²) in [6.45, 7) is 1.26. The van der Waals surface area contributed by atoms with E-state index in [0.717, 1.165) is 16.7 Å². The number of hydrogen-bond acceptors (Lipinski definition) is 9. The van der Waals surface area contributed by atoms with Gasteiger partial charge >= 0.3 is 0 Å². The van der Waals surface area contributed by atoms with Crippen LogP contribution < -0.4 is 5.73 Å². The molecule has 0 aromatic heterocycles. The van der Waals surface area contributed by atoms with Gasteiger partial charge in [0.15, 0.2) is 11.6 Å². The molecule has 0 saturated carbocycles. The first kappa shape index (κ1) is 29.0. The molecule has 5 N–H and O–H groups in total. The summed E-state index contributed by atoms with van der Waals surface area (Å²) in [5, 5.41) is 42.1. The first-order valence-corrected chi connectivity index (χ1v) is 13.9. The van der Waals surface area contributed by atoms with E-state index in [0.29, 0.717) is 37.9 Å². The van der Waals surface area contributed by atoms with Crippen molar-refractivity contribution in [3.8, 4) is 22.9 Å². The molecule has 0 bridgehead atoms. The zero-order chi connectivity index (χ0) is 30.5. The van der Waals surface area contributed by atoms with Gasteiger partial charge in [-0.05, 0) is 80.2 Å². The second-order valence-electron chi connectivity index (χ2n) is 11.6. The molecule has 3 aliphatic rings. The van der Waals surface area contributed by atoms with Crippen molar-refractivity contribution in [3.05, 3.63) is 75.8 Å². The Kier molecular flexibility index (Phi) is 7.66. The summed E-state index contributed by atoms with van der Waals surface area (Å²) in [7, 11) is 5.34. The van der Waals surface area contributed by atoms with Crippen molar-refractivity contribution in [1.29, 1.82) is 5.26 Å². The van der Waals surface area contributed by atoms with Crippen LogP contribution in [0.5, 0.6) is 5.75 Å². The van der Waals surface area contributed by atoms with Gasteiger partial charge < -0.3 is 26.0 Å². The molecular formula is C32H34N4O6. The van der Waals surface area contributed by atoms with E-state index >= 15 is 0 Å². The first-order chi connectivity index (χ1) is 20.0. The van der Waals surface area contributed by atoms with Crippen LogP contribution in [0, 0.1) is 29.1 Å². The lowest BCUT2D eigenvalue weighted by molar-refractivity contribution is -0.127. The molecule has 218 valence electrons. The van der Waals surface area contributed by atoms with Gasteiger partial charge in [0.2, 0.25) is 0 Å². The second kappa shape index (κ2) is 11.1. The molecular weight excluding hydrogens is 536 g/mol. The van der Waals surface area contributed by atoms with Crippen LogP contribution in [0.4, 0.5) is 0 Å². The molecule has 10 nitrogen and oxygen atoms in total. The first-order valence-electron chi connectivity index (χ1n) is 13.9. The molecule has 1 amide bonds. The molecule has 0 radical (unpaired) electrons. The number of Topliss-reactive ketones (excluding diaryl/α,β-unsaturated/α-hetero) is 2. The van der Waals surface area contributed by atoms with Gasteiger partial charge in [-0.25, -0.2) is 0 Å². The minimum absolute atomic E-state index is 0.0557. The van der Waals surface area contributed by atoms with Crippen LogP contribution in [-0.2, 0) is 22.6 Å². The number of phenols is 1. The van der Waals surface area contributed by atoms with E-state index < -0.39 is 58.4 Å². The lowest BCUT2D eigenvalue weighted by Gasteiger charge is -2.46. The monoisotopic (exact) mass is 570 g/mol. The topological polar surface area (TPSA) is 168 Å². The third-order valence-corrected chi connectivity index (χ3v) is 8.75. The maximum Gasteiger partial charge on any atom is 0.255 e. The van der Waals surface area contributed by atoms with E-state index in [2.05, 4.69) is 11.0 Å². The van der Waals surface area contributed by atoms with Crippen LogP contribution in [0.2, 0.25) is 0 Å². The maximum atomic E-state index is 14.0. The van der Waals surface area contributed by atoms with Gasteiger partial charge in [0.1, 0.15) is 22.8 Å². The van der Waals surface area contributed by atoms with Crippen molar-refractivity contribution >= 4 is 17.5 Å². The lowest BCUT2D eigenvalue weighted by atomic mass is 9.60. The molecule has 0 spiro atoms. The van der Waals surface area contributed by atoms with Crippen molar-refractivity contribution in [1.82, 2.24) is 9.80 Å². The highest BCUT2D eigenvalue weighted by atomic mass is 16.3. The Hall–Kier alpha value is -4.46. The Morgan fingerprint density at radius 2 is 1.83 bits per heavy atom. The average molecular weight is 571 g/mol. The van der Waals surface area contributed by atoms with E-state index in [-0.39, 0.29) is 16.9 Å². The molecule has 0 heterocycles. The Morgan fingerprint density at radius 1 is 1.10 bits per heavy atom. The molecule has 4 atom stereocenters. The van der Waals surface area contributed by atoms with Crippen molar-refractivity contribution in [2.24, 2.45) is 23.5 Å². The number of rotatable bonds is 7. The Bertz CT molecular complexity index is 1600. The minimum atomic E-state index is -1.22. The fourth-order valence-corrected chi connectivity index (χ4v) is 7.01. The van der Waals surface area contributed by atoms with Gasteiger partial charge in [0.05, 0.1) is 23.6 Å². The van der Waals surface area contributed by atoms with Crippen molar-refractivity contribution in [2.45, 2.75) is 31.8 Å². The van der Waals surface area contributed by atoms with Gasteiger partial charge in [0.25, 0.3) is 5.91 Å². The number of aliphatic hydroxyl groups excluding tert-OH is 2. The summed E-state index contributed by atoms with van der Waals surface area (Å²) < 4.78 is 0. The summed E-state index contributed by atoms with van der Waals surface area (Å²) in [5.74, 6) is -5.83. The molecule has 0 saturated heterocycles. The van der Waals surface area contributed by atoms with Crippen LogP contribution in [0.25, 0.3) is 11.1 Å². The van der Waals surface area contributed by atoms with Gasteiger partial charge in [0, 0.05) is 25.1 Å². The lowest BCUT2D eigenvalue weighted by Crippen LogP contribution is -2.53. The SMILES string of the molecule is CN(CCC#N)Cc1cccc(-c2ccc(O)c3c2CC2CC4C(C(=O)C(C(N)=O)=C(O)[C@H]4N(C)C)C(O)=C2C3=O)c1. The number of primary amides is 1. The quantitative estimate of drug-likeness (QED) is 0.366. The number of allylic oxidation sites excluding steroid dienone is 2. The van der Waals surface area contributed by atoms with Crippen LogP contribution in [0.1, 0.15) is 34.3 Å². The summed E-state index contributed by atoms with van der Waals surface area (Å²) in [5.41, 5.74) is 8.33. The molecule has 0 fully saturated rings. The largest absolute Gasteiger partial charge is 0.511 e. The number of nitrogens with two attached hydrogens (primary N) is 1. The highest BCUT2D eigenvalue weighted by Gasteiger charge is 2.54. The zero-order valence-electron chi connectivity index (χ0n) is 23.8. The third-order valence-electron chi connectivity index (χ3n) is 8.75. The number of hydrogen-bond donors (Lipinski definition) is 4. The number of phenolic OH excluding ortho intramolecular Hbond substituents is 1. The zero-order valence-corrected chi connectivity index (χ0v) is 23.8. The van der Waals surface area contributed by atoms with Crippen LogP contribution in [0.15, 0.2) is 59.1 Å². The van der Waals surface area contributed by atoms with Gasteiger partial charge in [-0.2, -0.15) is 5.26 Å². The Labute approximate surface area is 244 Å². The van der Waals surface area contributed by atoms with E-state index in [1.165, 1.54) is 6.07 Å². The summed E-state index contributed by atoms with van der Waals surface area (Å²) in [6.07, 6.45) is 1.04. The number of aliphatic hydroxyl groups is 2. The minimum Gasteiger partial charge on any atom is -0.511 e. The second-order valence-corrected chi connectivity index (χ2v) is 11.6. The molecule has 5 rings (SSSR count). The molecule has 2 aromatic carbocycles. The fourth-order valence-electron chi connectivity index (χ4n) is 7.01. The molecule has 2 aromatic rings. The molecule has 3 aliphatic carbocycles. The fraction of sp³-hybridized carbons (Fsp3) is 0.375. The molecule has 0 aliphatic heterocycles. The van der Waals surface area contributed by atoms with Crippen molar-refractivity contribution in [2.75, 3.05) is 27.7 Å². The van der Waals surface area contributed by atoms with E-state index in [9.17, 15) is 29.7 Å². The number of fused-ring (bicyclic) bond motifs is 3. The van der Waals surface area contributed by atoms with Gasteiger partial charge in [-0.3, -0.25) is 19.3 Å². The summed E-state index contributed by atoms with van der Waals surface area (Å²) in [6, 6.07) is 12.5. The van der Waals surface area contributed by atoms with Crippen LogP contribution >= 0.6 is 0 Å². The molecule has 3 unspecified atom stereocenters. The Balaban J connectivity index is 1.58. The number of ketones is 2. The number of benzene rings is 2. The Morgan fingerprint density at radius 3 is 2.50 bits per heavy atom. The number of nitrogens with zero attached hydrogens (tertiary/aromatic N) is 3. The van der Waals surface area contributed by atoms with E-state index in [1.807, 2.05) is 31.3 Å². The number of carbonyl (C=O) groups is 3.